The largest absolute Gasteiger partial charge is 0.326 e. The number of nitrogens with one attached hydrogen (secondary N) is 1. The van der Waals surface area contributed by atoms with Crippen LogP contribution in [0.5, 0.6) is 0 Å². The molecule has 6 heteroatoms. The number of benzene rings is 1. The van der Waals surface area contributed by atoms with Crippen LogP contribution in [0.1, 0.15) is 12.1 Å². The summed E-state index contributed by atoms with van der Waals surface area (Å²) in [6.07, 6.45) is 0.477. The van der Waals surface area contributed by atoms with Crippen molar-refractivity contribution >= 4 is 34.5 Å². The number of thiazole rings is 1. The standard InChI is InChI=1S/C15H18ClN3OS/c1-19(2)7-6-14(20)17-12-5-3-4-11(8-12)15-18-13(9-16)10-21-15/h3-5,8,10H,6-7,9H2,1-2H3,(H,17,20). The Labute approximate surface area is 133 Å². The molecular formula is C15H18ClN3OS. The van der Waals surface area contributed by atoms with Crippen molar-refractivity contribution in [1.29, 1.82) is 0 Å². The van der Waals surface area contributed by atoms with Gasteiger partial charge in [0.1, 0.15) is 5.01 Å². The van der Waals surface area contributed by atoms with Crippen LogP contribution in [0.3, 0.4) is 0 Å². The molecule has 1 aromatic carbocycles. The van der Waals surface area contributed by atoms with Crippen molar-refractivity contribution in [2.75, 3.05) is 26.0 Å². The molecule has 0 radical (unpaired) electrons. The molecule has 0 fully saturated rings. The highest BCUT2D eigenvalue weighted by atomic mass is 35.5. The van der Waals surface area contributed by atoms with Gasteiger partial charge in [-0.25, -0.2) is 4.98 Å². The predicted molar refractivity (Wildman–Crippen MR) is 88.9 cm³/mol. The SMILES string of the molecule is CN(C)CCC(=O)Nc1cccc(-c2nc(CCl)cs2)c1. The van der Waals surface area contributed by atoms with Gasteiger partial charge in [-0.05, 0) is 26.2 Å². The van der Waals surface area contributed by atoms with Crippen molar-refractivity contribution in [3.05, 3.63) is 35.3 Å². The van der Waals surface area contributed by atoms with E-state index in [4.69, 9.17) is 11.6 Å². The zero-order valence-corrected chi connectivity index (χ0v) is 13.7. The fraction of sp³-hybridized carbons (Fsp3) is 0.333. The summed E-state index contributed by atoms with van der Waals surface area (Å²) in [4.78, 5) is 18.3. The van der Waals surface area contributed by atoms with E-state index in [1.54, 1.807) is 11.3 Å². The molecule has 1 heterocycles. The molecule has 0 saturated heterocycles. The Kier molecular flexibility index (Phi) is 5.73. The average molecular weight is 324 g/mol. The van der Waals surface area contributed by atoms with Crippen molar-refractivity contribution in [2.24, 2.45) is 0 Å². The van der Waals surface area contributed by atoms with Crippen molar-refractivity contribution in [3.8, 4) is 10.6 Å². The third-order valence-corrected chi connectivity index (χ3v) is 4.08. The molecule has 0 aliphatic heterocycles. The zero-order valence-electron chi connectivity index (χ0n) is 12.1. The number of carbonyl (C=O) groups excluding carboxylic acids is 1. The fourth-order valence-corrected chi connectivity index (χ4v) is 2.82. The summed E-state index contributed by atoms with van der Waals surface area (Å²) in [7, 11) is 3.90. The minimum atomic E-state index is 0.0152. The van der Waals surface area contributed by atoms with Gasteiger partial charge in [0.25, 0.3) is 0 Å². The lowest BCUT2D eigenvalue weighted by molar-refractivity contribution is -0.116. The van der Waals surface area contributed by atoms with Gasteiger partial charge in [0.2, 0.25) is 5.91 Å². The van der Waals surface area contributed by atoms with Gasteiger partial charge in [0.05, 0.1) is 11.6 Å². The number of alkyl halides is 1. The van der Waals surface area contributed by atoms with Crippen LogP contribution in [0.4, 0.5) is 5.69 Å². The topological polar surface area (TPSA) is 45.2 Å². The monoisotopic (exact) mass is 323 g/mol. The van der Waals surface area contributed by atoms with Crippen LogP contribution in [0.15, 0.2) is 29.6 Å². The molecule has 0 atom stereocenters. The summed E-state index contributed by atoms with van der Waals surface area (Å²) in [5.41, 5.74) is 2.65. The quantitative estimate of drug-likeness (QED) is 0.828. The first-order valence-electron chi connectivity index (χ1n) is 6.64. The number of aromatic nitrogens is 1. The van der Waals surface area contributed by atoms with Gasteiger partial charge >= 0.3 is 0 Å². The lowest BCUT2D eigenvalue weighted by atomic mass is 10.2. The Morgan fingerprint density at radius 1 is 1.43 bits per heavy atom. The number of hydrogen-bond donors (Lipinski definition) is 1. The molecule has 112 valence electrons. The highest BCUT2D eigenvalue weighted by molar-refractivity contribution is 7.13. The maximum atomic E-state index is 11.8. The van der Waals surface area contributed by atoms with Gasteiger partial charge in [-0.2, -0.15) is 0 Å². The first-order chi connectivity index (χ1) is 10.1. The van der Waals surface area contributed by atoms with Crippen LogP contribution in [-0.4, -0.2) is 36.4 Å². The van der Waals surface area contributed by atoms with Crippen LogP contribution in [0.25, 0.3) is 10.6 Å². The highest BCUT2D eigenvalue weighted by Crippen LogP contribution is 2.26. The maximum absolute atomic E-state index is 11.8. The van der Waals surface area contributed by atoms with E-state index in [1.165, 1.54) is 0 Å². The van der Waals surface area contributed by atoms with E-state index < -0.39 is 0 Å². The van der Waals surface area contributed by atoms with E-state index in [2.05, 4.69) is 10.3 Å². The fourth-order valence-electron chi connectivity index (χ4n) is 1.78. The first kappa shape index (κ1) is 15.9. The van der Waals surface area contributed by atoms with Gasteiger partial charge in [-0.15, -0.1) is 22.9 Å². The molecule has 1 aromatic heterocycles. The van der Waals surface area contributed by atoms with E-state index in [1.807, 2.05) is 48.6 Å². The summed E-state index contributed by atoms with van der Waals surface area (Å²) in [5, 5.41) is 5.77. The Hall–Kier alpha value is -1.43. The lowest BCUT2D eigenvalue weighted by Gasteiger charge is -2.10. The minimum Gasteiger partial charge on any atom is -0.326 e. The molecule has 2 rings (SSSR count). The van der Waals surface area contributed by atoms with E-state index >= 15 is 0 Å². The number of amides is 1. The molecule has 0 saturated carbocycles. The zero-order chi connectivity index (χ0) is 15.2. The Bertz CT molecular complexity index is 612. The third kappa shape index (κ3) is 4.81. The predicted octanol–water partition coefficient (Wildman–Crippen LogP) is 3.44. The molecule has 0 spiro atoms. The molecule has 2 aromatic rings. The van der Waals surface area contributed by atoms with Crippen LogP contribution >= 0.6 is 22.9 Å². The summed E-state index contributed by atoms with van der Waals surface area (Å²) < 4.78 is 0. The van der Waals surface area contributed by atoms with Gasteiger partial charge in [-0.1, -0.05) is 12.1 Å². The smallest absolute Gasteiger partial charge is 0.225 e. The number of hydrogen-bond acceptors (Lipinski definition) is 4. The third-order valence-electron chi connectivity index (χ3n) is 2.87. The van der Waals surface area contributed by atoms with Gasteiger partial charge in [-0.3, -0.25) is 4.79 Å². The Morgan fingerprint density at radius 3 is 2.90 bits per heavy atom. The second-order valence-corrected chi connectivity index (χ2v) is 6.09. The first-order valence-corrected chi connectivity index (χ1v) is 8.05. The molecule has 1 N–H and O–H groups in total. The normalized spacial score (nSPS) is 10.9. The second-order valence-electron chi connectivity index (χ2n) is 4.96. The number of anilines is 1. The van der Waals surface area contributed by atoms with Crippen molar-refractivity contribution in [3.63, 3.8) is 0 Å². The van der Waals surface area contributed by atoms with Crippen molar-refractivity contribution in [2.45, 2.75) is 12.3 Å². The second kappa shape index (κ2) is 7.54. The molecule has 0 unspecified atom stereocenters. The van der Waals surface area contributed by atoms with E-state index in [0.29, 0.717) is 12.3 Å². The van der Waals surface area contributed by atoms with Crippen molar-refractivity contribution in [1.82, 2.24) is 9.88 Å². The lowest BCUT2D eigenvalue weighted by Crippen LogP contribution is -2.20. The molecule has 0 aliphatic rings. The van der Waals surface area contributed by atoms with Crippen LogP contribution in [0, 0.1) is 0 Å². The van der Waals surface area contributed by atoms with Gasteiger partial charge in [0.15, 0.2) is 0 Å². The summed E-state index contributed by atoms with van der Waals surface area (Å²) in [6.45, 7) is 0.733. The molecule has 21 heavy (non-hydrogen) atoms. The summed E-state index contributed by atoms with van der Waals surface area (Å²) >= 11 is 7.33. The van der Waals surface area contributed by atoms with E-state index in [0.717, 1.165) is 28.5 Å². The molecule has 4 nitrogen and oxygen atoms in total. The number of rotatable bonds is 6. The highest BCUT2D eigenvalue weighted by Gasteiger charge is 2.07. The van der Waals surface area contributed by atoms with E-state index in [9.17, 15) is 4.79 Å². The summed E-state index contributed by atoms with van der Waals surface area (Å²) in [6, 6.07) is 7.71. The Balaban J connectivity index is 2.05. The van der Waals surface area contributed by atoms with Crippen LogP contribution in [0.2, 0.25) is 0 Å². The number of nitrogens with zero attached hydrogens (tertiary/aromatic N) is 2. The number of carbonyl (C=O) groups is 1. The number of halogens is 1. The van der Waals surface area contributed by atoms with Gasteiger partial charge < -0.3 is 10.2 Å². The maximum Gasteiger partial charge on any atom is 0.225 e. The molecule has 1 amide bonds. The van der Waals surface area contributed by atoms with Crippen LogP contribution < -0.4 is 5.32 Å². The minimum absolute atomic E-state index is 0.0152. The molecule has 0 aliphatic carbocycles. The molecule has 0 bridgehead atoms. The van der Waals surface area contributed by atoms with E-state index in [-0.39, 0.29) is 5.91 Å². The van der Waals surface area contributed by atoms with Crippen molar-refractivity contribution < 1.29 is 4.79 Å². The van der Waals surface area contributed by atoms with Gasteiger partial charge in [0, 0.05) is 29.6 Å². The summed E-state index contributed by atoms with van der Waals surface area (Å²) in [5.74, 6) is 0.429. The molecular weight excluding hydrogens is 306 g/mol. The Morgan fingerprint density at radius 2 is 2.24 bits per heavy atom. The van der Waals surface area contributed by atoms with Crippen LogP contribution in [-0.2, 0) is 10.7 Å². The average Bonchev–Trinajstić information content (AvgIpc) is 2.94.